The smallest absolute Gasteiger partial charge is 0.336 e. The molecule has 0 saturated carbocycles. The lowest BCUT2D eigenvalue weighted by Crippen LogP contribution is -2.03. The molecule has 110 valence electrons. The van der Waals surface area contributed by atoms with Gasteiger partial charge in [-0.05, 0) is 18.2 Å². The maximum atomic E-state index is 13.5. The Morgan fingerprint density at radius 2 is 1.59 bits per heavy atom. The number of fused-ring (bicyclic) bond motifs is 3. The molecule has 0 bridgehead atoms. The number of carbonyl (C=O) groups is 2. The van der Waals surface area contributed by atoms with Crippen LogP contribution in [0.25, 0.3) is 11.1 Å². The molecule has 0 heterocycles. The highest BCUT2D eigenvalue weighted by atomic mass is 19.1. The van der Waals surface area contributed by atoms with Gasteiger partial charge in [-0.15, -0.1) is 0 Å². The summed E-state index contributed by atoms with van der Waals surface area (Å²) in [5.74, 6) is -4.38. The second kappa shape index (κ2) is 4.42. The van der Waals surface area contributed by atoms with Crippen LogP contribution in [0.1, 0.15) is 26.3 Å². The highest BCUT2D eigenvalue weighted by Gasteiger charge is 2.37. The van der Waals surface area contributed by atoms with Gasteiger partial charge in [0, 0.05) is 16.7 Å². The first-order valence-corrected chi connectivity index (χ1v) is 5.91. The van der Waals surface area contributed by atoms with Crippen LogP contribution in [0.5, 0.6) is 0 Å². The first-order valence-electron chi connectivity index (χ1n) is 5.91. The zero-order valence-electron chi connectivity index (χ0n) is 10.6. The summed E-state index contributed by atoms with van der Waals surface area (Å²) in [6.07, 6.45) is 0. The molecular formula is C14H5F2NO5. The number of carboxylic acid groups (broad SMARTS) is 1. The van der Waals surface area contributed by atoms with Crippen LogP contribution in [0.4, 0.5) is 14.5 Å². The van der Waals surface area contributed by atoms with E-state index in [1.165, 1.54) is 0 Å². The average Bonchev–Trinajstić information content (AvgIpc) is 2.70. The molecule has 2 aromatic carbocycles. The molecule has 0 spiro atoms. The van der Waals surface area contributed by atoms with Crippen molar-refractivity contribution in [3.63, 3.8) is 0 Å². The molecule has 2 aromatic rings. The second-order valence-electron chi connectivity index (χ2n) is 4.61. The highest BCUT2D eigenvalue weighted by Crippen LogP contribution is 2.45. The molecule has 8 heteroatoms. The Bertz CT molecular complexity index is 820. The highest BCUT2D eigenvalue weighted by molar-refractivity contribution is 6.25. The summed E-state index contributed by atoms with van der Waals surface area (Å²) in [4.78, 5) is 33.6. The molecule has 1 aliphatic carbocycles. The summed E-state index contributed by atoms with van der Waals surface area (Å²) >= 11 is 0. The average molecular weight is 305 g/mol. The molecule has 0 atom stereocenters. The molecule has 0 saturated heterocycles. The predicted octanol–water partition coefficient (Wildman–Crippen LogP) is 2.78. The number of aromatic carboxylic acids is 1. The molecule has 22 heavy (non-hydrogen) atoms. The summed E-state index contributed by atoms with van der Waals surface area (Å²) in [7, 11) is 0. The first kappa shape index (κ1) is 13.8. The molecule has 1 N–H and O–H groups in total. The van der Waals surface area contributed by atoms with Crippen LogP contribution in [-0.2, 0) is 0 Å². The van der Waals surface area contributed by atoms with Gasteiger partial charge in [0.05, 0.1) is 22.1 Å². The minimum Gasteiger partial charge on any atom is -0.478 e. The number of hydrogen-bond acceptors (Lipinski definition) is 4. The van der Waals surface area contributed by atoms with Gasteiger partial charge in [-0.25, -0.2) is 13.6 Å². The van der Waals surface area contributed by atoms with Gasteiger partial charge in [0.25, 0.3) is 5.69 Å². The topological polar surface area (TPSA) is 97.5 Å². The third-order valence-corrected chi connectivity index (χ3v) is 3.35. The van der Waals surface area contributed by atoms with Crippen molar-refractivity contribution in [3.05, 3.63) is 62.7 Å². The van der Waals surface area contributed by atoms with Gasteiger partial charge >= 0.3 is 5.97 Å². The fourth-order valence-corrected chi connectivity index (χ4v) is 2.55. The van der Waals surface area contributed by atoms with Crippen molar-refractivity contribution in [1.29, 1.82) is 0 Å². The van der Waals surface area contributed by atoms with Crippen molar-refractivity contribution in [3.8, 4) is 11.1 Å². The Morgan fingerprint density at radius 1 is 1.05 bits per heavy atom. The second-order valence-corrected chi connectivity index (χ2v) is 4.61. The summed E-state index contributed by atoms with van der Waals surface area (Å²) in [6.45, 7) is 0. The van der Waals surface area contributed by atoms with Crippen LogP contribution in [0.2, 0.25) is 0 Å². The van der Waals surface area contributed by atoms with E-state index in [1.807, 2.05) is 0 Å². The number of rotatable bonds is 2. The van der Waals surface area contributed by atoms with Crippen molar-refractivity contribution >= 4 is 17.4 Å². The maximum absolute atomic E-state index is 13.5. The van der Waals surface area contributed by atoms with Gasteiger partial charge in [0.1, 0.15) is 11.6 Å². The molecular weight excluding hydrogens is 300 g/mol. The Hall–Kier alpha value is -3.16. The number of carboxylic acids is 1. The van der Waals surface area contributed by atoms with Crippen LogP contribution in [0, 0.1) is 21.7 Å². The lowest BCUT2D eigenvalue weighted by molar-refractivity contribution is -0.384. The SMILES string of the molecule is O=C(O)c1cc(F)cc2c1-c1c(cc(F)cc1[N+](=O)[O-])C2=O. The number of nitro groups is 1. The predicted molar refractivity (Wildman–Crippen MR) is 68.8 cm³/mol. The van der Waals surface area contributed by atoms with Gasteiger partial charge < -0.3 is 5.11 Å². The van der Waals surface area contributed by atoms with Crippen LogP contribution in [-0.4, -0.2) is 21.8 Å². The van der Waals surface area contributed by atoms with Crippen molar-refractivity contribution in [2.45, 2.75) is 0 Å². The molecule has 0 unspecified atom stereocenters. The van der Waals surface area contributed by atoms with Gasteiger partial charge in [-0.3, -0.25) is 14.9 Å². The molecule has 0 aromatic heterocycles. The molecule has 3 rings (SSSR count). The van der Waals surface area contributed by atoms with E-state index < -0.39 is 39.6 Å². The van der Waals surface area contributed by atoms with Crippen molar-refractivity contribution in [2.75, 3.05) is 0 Å². The van der Waals surface area contributed by atoms with Crippen LogP contribution in [0.15, 0.2) is 24.3 Å². The Morgan fingerprint density at radius 3 is 2.14 bits per heavy atom. The van der Waals surface area contributed by atoms with Crippen LogP contribution < -0.4 is 0 Å². The monoisotopic (exact) mass is 305 g/mol. The molecule has 0 radical (unpaired) electrons. The summed E-state index contributed by atoms with van der Waals surface area (Å²) in [6, 6.07) is 2.81. The Labute approximate surface area is 120 Å². The minimum absolute atomic E-state index is 0.263. The van der Waals surface area contributed by atoms with Gasteiger partial charge in [-0.1, -0.05) is 0 Å². The molecule has 0 amide bonds. The molecule has 1 aliphatic rings. The summed E-state index contributed by atoms with van der Waals surface area (Å²) in [5.41, 5.74) is -2.58. The number of halogens is 2. The molecule has 0 fully saturated rings. The van der Waals surface area contributed by atoms with Crippen molar-refractivity contribution in [1.82, 2.24) is 0 Å². The quantitative estimate of drug-likeness (QED) is 0.580. The number of hydrogen-bond donors (Lipinski definition) is 1. The Balaban J connectivity index is 2.50. The van der Waals surface area contributed by atoms with E-state index in [1.54, 1.807) is 0 Å². The van der Waals surface area contributed by atoms with Crippen LogP contribution >= 0.6 is 0 Å². The third kappa shape index (κ3) is 1.77. The first-order chi connectivity index (χ1) is 10.3. The lowest BCUT2D eigenvalue weighted by atomic mass is 9.98. The van der Waals surface area contributed by atoms with E-state index in [4.69, 9.17) is 5.11 Å². The zero-order chi connectivity index (χ0) is 16.2. The number of nitro benzene ring substituents is 1. The van der Waals surface area contributed by atoms with E-state index in [2.05, 4.69) is 0 Å². The van der Waals surface area contributed by atoms with E-state index >= 15 is 0 Å². The summed E-state index contributed by atoms with van der Waals surface area (Å²) in [5, 5.41) is 20.2. The fraction of sp³-hybridized carbons (Fsp3) is 0. The fourth-order valence-electron chi connectivity index (χ4n) is 2.55. The third-order valence-electron chi connectivity index (χ3n) is 3.35. The number of carbonyl (C=O) groups excluding carboxylic acids is 1. The standard InChI is InChI=1S/C14H5F2NO5/c15-5-1-7-11(9(3-5)14(19)20)12-8(13(7)18)2-6(16)4-10(12)17(21)22/h1-4H,(H,19,20). The van der Waals surface area contributed by atoms with Crippen molar-refractivity contribution < 1.29 is 28.4 Å². The van der Waals surface area contributed by atoms with E-state index in [9.17, 15) is 28.5 Å². The normalized spacial score (nSPS) is 12.0. The summed E-state index contributed by atoms with van der Waals surface area (Å²) < 4.78 is 27.0. The van der Waals surface area contributed by atoms with E-state index in [0.29, 0.717) is 12.1 Å². The van der Waals surface area contributed by atoms with E-state index in [0.717, 1.165) is 12.1 Å². The van der Waals surface area contributed by atoms with Crippen LogP contribution in [0.3, 0.4) is 0 Å². The molecule has 0 aliphatic heterocycles. The molecule has 6 nitrogen and oxygen atoms in total. The van der Waals surface area contributed by atoms with E-state index in [-0.39, 0.29) is 22.3 Å². The lowest BCUT2D eigenvalue weighted by Gasteiger charge is -2.06. The van der Waals surface area contributed by atoms with Crippen molar-refractivity contribution in [2.24, 2.45) is 0 Å². The number of benzene rings is 2. The number of ketones is 1. The van der Waals surface area contributed by atoms with Gasteiger partial charge in [0.2, 0.25) is 0 Å². The zero-order valence-corrected chi connectivity index (χ0v) is 10.6. The minimum atomic E-state index is -1.55. The maximum Gasteiger partial charge on any atom is 0.336 e. The largest absolute Gasteiger partial charge is 0.478 e. The van der Waals surface area contributed by atoms with Gasteiger partial charge in [0.15, 0.2) is 5.78 Å². The van der Waals surface area contributed by atoms with Gasteiger partial charge in [-0.2, -0.15) is 0 Å². The number of nitrogens with zero attached hydrogens (tertiary/aromatic N) is 1. The Kier molecular flexibility index (Phi) is 2.77.